The second-order valence-electron chi connectivity index (χ2n) is 9.62. The van der Waals surface area contributed by atoms with Crippen molar-refractivity contribution in [1.82, 2.24) is 19.7 Å². The van der Waals surface area contributed by atoms with Crippen LogP contribution in [0.1, 0.15) is 59.3 Å². The Balaban J connectivity index is 1.40. The van der Waals surface area contributed by atoms with E-state index in [1.807, 2.05) is 6.07 Å². The maximum atomic E-state index is 12.9. The van der Waals surface area contributed by atoms with Crippen LogP contribution in [-0.4, -0.2) is 43.4 Å². The van der Waals surface area contributed by atoms with Gasteiger partial charge in [0.15, 0.2) is 5.82 Å². The summed E-state index contributed by atoms with van der Waals surface area (Å²) in [5.74, 6) is 1.22. The van der Waals surface area contributed by atoms with Crippen molar-refractivity contribution in [3.8, 4) is 0 Å². The fraction of sp³-hybridized carbons (Fsp3) is 0.609. The van der Waals surface area contributed by atoms with Crippen molar-refractivity contribution in [3.63, 3.8) is 0 Å². The van der Waals surface area contributed by atoms with Crippen LogP contribution in [-0.2, 0) is 11.4 Å². The third kappa shape index (κ3) is 5.37. The van der Waals surface area contributed by atoms with Crippen LogP contribution in [0.15, 0.2) is 34.6 Å². The highest BCUT2D eigenvalue weighted by Gasteiger charge is 2.48. The van der Waals surface area contributed by atoms with Gasteiger partial charge in [0.25, 0.3) is 0 Å². The van der Waals surface area contributed by atoms with Crippen LogP contribution < -0.4 is 15.4 Å². The van der Waals surface area contributed by atoms with Crippen molar-refractivity contribution in [2.75, 3.05) is 23.7 Å². The van der Waals surface area contributed by atoms with Gasteiger partial charge in [0.05, 0.1) is 17.3 Å². The average molecular weight is 509 g/mol. The minimum Gasteiger partial charge on any atom is -0.598 e. The number of anilines is 2. The molecule has 3 heterocycles. The third-order valence-corrected chi connectivity index (χ3v) is 10.6. The minimum absolute atomic E-state index is 0.210. The molecule has 7 nitrogen and oxygen atoms in total. The molecule has 2 aromatic heterocycles. The molecule has 2 aliphatic rings. The van der Waals surface area contributed by atoms with Gasteiger partial charge in [-0.2, -0.15) is 0 Å². The van der Waals surface area contributed by atoms with Crippen LogP contribution in [0.2, 0.25) is 5.02 Å². The molecule has 2 atom stereocenters. The molecule has 10 heteroatoms. The van der Waals surface area contributed by atoms with Crippen LogP contribution in [0.25, 0.3) is 0 Å². The summed E-state index contributed by atoms with van der Waals surface area (Å²) in [6.45, 7) is 8.06. The summed E-state index contributed by atoms with van der Waals surface area (Å²) < 4.78 is 16.2. The van der Waals surface area contributed by atoms with Crippen LogP contribution >= 0.6 is 23.4 Å². The molecule has 0 aromatic carbocycles. The van der Waals surface area contributed by atoms with Gasteiger partial charge < -0.3 is 15.2 Å². The summed E-state index contributed by atoms with van der Waals surface area (Å²) in [6.07, 6.45) is 11.6. The van der Waals surface area contributed by atoms with Crippen LogP contribution in [0, 0.1) is 5.41 Å². The second kappa shape index (κ2) is 10.2. The molecule has 1 saturated carbocycles. The number of nitrogens with one attached hydrogen (secondary N) is 1. The number of nitrogen functional groups attached to an aromatic ring is 1. The summed E-state index contributed by atoms with van der Waals surface area (Å²) >= 11 is 6.57. The van der Waals surface area contributed by atoms with Crippen molar-refractivity contribution in [1.29, 1.82) is 0 Å². The molecule has 1 spiro atoms. The van der Waals surface area contributed by atoms with Gasteiger partial charge in [-0.3, -0.25) is 4.98 Å². The number of hydrogen-bond acceptors (Lipinski definition) is 8. The number of nitrogens with two attached hydrogens (primary N) is 1. The van der Waals surface area contributed by atoms with E-state index in [9.17, 15) is 4.55 Å². The first kappa shape index (κ1) is 24.9. The fourth-order valence-electron chi connectivity index (χ4n) is 4.68. The van der Waals surface area contributed by atoms with Gasteiger partial charge in [0, 0.05) is 41.7 Å². The molecule has 2 aromatic rings. The zero-order chi connectivity index (χ0) is 23.6. The van der Waals surface area contributed by atoms with Gasteiger partial charge in [0.1, 0.15) is 15.6 Å². The van der Waals surface area contributed by atoms with Gasteiger partial charge in [-0.05, 0) is 57.4 Å². The van der Waals surface area contributed by atoms with Crippen LogP contribution in [0.4, 0.5) is 11.6 Å². The molecule has 0 amide bonds. The molecular weight excluding hydrogens is 476 g/mol. The van der Waals surface area contributed by atoms with E-state index in [1.165, 1.54) is 24.6 Å². The molecular formula is C23H33ClN6OS2. The molecule has 1 aliphatic heterocycles. The quantitative estimate of drug-likeness (QED) is 0.512. The van der Waals surface area contributed by atoms with E-state index < -0.39 is 11.4 Å². The summed E-state index contributed by atoms with van der Waals surface area (Å²) in [6, 6.07) is 2.15. The normalized spacial score (nSPS) is 21.5. The smallest absolute Gasteiger partial charge is 0.158 e. The van der Waals surface area contributed by atoms with Crippen LogP contribution in [0.3, 0.4) is 0 Å². The summed E-state index contributed by atoms with van der Waals surface area (Å²) in [5.41, 5.74) is 6.46. The number of halogens is 1. The first-order chi connectivity index (χ1) is 15.7. The molecule has 1 aliphatic carbocycles. The van der Waals surface area contributed by atoms with Crippen molar-refractivity contribution in [2.24, 2.45) is 5.41 Å². The molecule has 2 fully saturated rings. The van der Waals surface area contributed by atoms with Crippen molar-refractivity contribution < 1.29 is 4.55 Å². The van der Waals surface area contributed by atoms with E-state index in [0.717, 1.165) is 49.5 Å². The monoisotopic (exact) mass is 508 g/mol. The molecule has 180 valence electrons. The van der Waals surface area contributed by atoms with Gasteiger partial charge in [-0.15, -0.1) is 4.72 Å². The molecule has 1 saturated heterocycles. The Morgan fingerprint density at radius 1 is 1.33 bits per heavy atom. The Morgan fingerprint density at radius 3 is 2.76 bits per heavy atom. The van der Waals surface area contributed by atoms with E-state index >= 15 is 0 Å². The maximum Gasteiger partial charge on any atom is 0.158 e. The zero-order valence-electron chi connectivity index (χ0n) is 19.5. The molecule has 3 N–H and O–H groups in total. The van der Waals surface area contributed by atoms with Crippen molar-refractivity contribution in [3.05, 3.63) is 29.7 Å². The minimum atomic E-state index is -1.04. The Labute approximate surface area is 209 Å². The topological polar surface area (TPSA) is 103 Å². The first-order valence-corrected chi connectivity index (χ1v) is 13.9. The highest BCUT2D eigenvalue weighted by atomic mass is 35.5. The van der Waals surface area contributed by atoms with Crippen molar-refractivity contribution >= 4 is 46.4 Å². The van der Waals surface area contributed by atoms with E-state index in [-0.39, 0.29) is 10.2 Å². The third-order valence-electron chi connectivity index (χ3n) is 7.29. The van der Waals surface area contributed by atoms with Gasteiger partial charge >= 0.3 is 0 Å². The lowest BCUT2D eigenvalue weighted by Gasteiger charge is -2.44. The first-order valence-electron chi connectivity index (χ1n) is 11.6. The number of pyridine rings is 1. The summed E-state index contributed by atoms with van der Waals surface area (Å²) in [5, 5.41) is 1.21. The Kier molecular flexibility index (Phi) is 7.65. The lowest BCUT2D eigenvalue weighted by atomic mass is 9.74. The van der Waals surface area contributed by atoms with E-state index in [0.29, 0.717) is 21.9 Å². The number of nitrogens with zero attached hydrogens (tertiary/aromatic N) is 4. The molecule has 0 bridgehead atoms. The lowest BCUT2D eigenvalue weighted by Crippen LogP contribution is -2.53. The maximum absolute atomic E-state index is 12.9. The van der Waals surface area contributed by atoms with E-state index in [4.69, 9.17) is 17.3 Å². The SMILES string of the molecule is CCC(C)(C)[S@@+]([O-])N[C@@H]1CCCC12CCN(c1cnc(Sc3ccncc3Cl)c(N)n1)CC2. The highest BCUT2D eigenvalue weighted by molar-refractivity contribution is 7.99. The van der Waals surface area contributed by atoms with Gasteiger partial charge in [-0.1, -0.05) is 36.7 Å². The standard InChI is InChI=1S/C23H33ClN6OS2/c1-4-22(2,3)33(31)29-18-6-5-8-23(18)9-12-30(13-10-23)19-15-27-21(20(25)28-19)32-17-7-11-26-14-16(17)24/h7,11,14-15,18,29H,4-6,8-10,12-13H2,1-3H3,(H2,25,28)/t18-,33-/m1/s1. The zero-order valence-corrected chi connectivity index (χ0v) is 21.9. The largest absolute Gasteiger partial charge is 0.598 e. The van der Waals surface area contributed by atoms with Crippen LogP contribution in [0.5, 0.6) is 0 Å². The number of rotatable bonds is 7. The van der Waals surface area contributed by atoms with Crippen molar-refractivity contribution in [2.45, 2.75) is 80.0 Å². The number of hydrogen-bond donors (Lipinski definition) is 2. The fourth-order valence-corrected chi connectivity index (χ4v) is 6.87. The predicted molar refractivity (Wildman–Crippen MR) is 137 cm³/mol. The second-order valence-corrected chi connectivity index (χ2v) is 12.9. The molecule has 0 radical (unpaired) electrons. The lowest BCUT2D eigenvalue weighted by molar-refractivity contribution is 0.186. The molecule has 33 heavy (non-hydrogen) atoms. The summed E-state index contributed by atoms with van der Waals surface area (Å²) in [4.78, 5) is 16.3. The molecule has 4 rings (SSSR count). The van der Waals surface area contributed by atoms with Gasteiger partial charge in [0.2, 0.25) is 0 Å². The Hall–Kier alpha value is -1.26. The number of piperidine rings is 1. The molecule has 0 unspecified atom stereocenters. The van der Waals surface area contributed by atoms with E-state index in [2.05, 4.69) is 45.3 Å². The van der Waals surface area contributed by atoms with E-state index in [1.54, 1.807) is 18.6 Å². The Bertz CT molecular complexity index is 970. The highest BCUT2D eigenvalue weighted by Crippen LogP contribution is 2.47. The van der Waals surface area contributed by atoms with Gasteiger partial charge in [-0.25, -0.2) is 9.97 Å². The number of aromatic nitrogens is 3. The average Bonchev–Trinajstić information content (AvgIpc) is 3.18. The predicted octanol–water partition coefficient (Wildman–Crippen LogP) is 4.84. The Morgan fingerprint density at radius 2 is 2.09 bits per heavy atom. The summed E-state index contributed by atoms with van der Waals surface area (Å²) in [7, 11) is 0.